The fourth-order valence-electron chi connectivity index (χ4n) is 3.26. The van der Waals surface area contributed by atoms with Gasteiger partial charge in [0.05, 0.1) is 0 Å². The first-order valence-electron chi connectivity index (χ1n) is 10.6. The van der Waals surface area contributed by atoms with Crippen molar-refractivity contribution in [2.24, 2.45) is 0 Å². The molecular weight excluding hydrogens is 502 g/mol. The average Bonchev–Trinajstić information content (AvgIpc) is 2.74. The molecule has 198 valence electrons. The van der Waals surface area contributed by atoms with Gasteiger partial charge >= 0.3 is 29.8 Å². The van der Waals surface area contributed by atoms with Crippen molar-refractivity contribution in [2.75, 3.05) is 18.2 Å². The van der Waals surface area contributed by atoms with E-state index in [1.165, 1.54) is 19.9 Å². The lowest BCUT2D eigenvalue weighted by molar-refractivity contribution is -0.247. The molecule has 1 aliphatic heterocycles. The Balaban J connectivity index is 2.52. The maximum absolute atomic E-state index is 11.9. The van der Waals surface area contributed by atoms with E-state index in [2.05, 4.69) is 15.3 Å². The van der Waals surface area contributed by atoms with Crippen LogP contribution in [0.3, 0.4) is 0 Å². The molecule has 0 bridgehead atoms. The summed E-state index contributed by atoms with van der Waals surface area (Å²) < 4.78 is 32.1. The van der Waals surface area contributed by atoms with Crippen molar-refractivity contribution in [1.29, 1.82) is 0 Å². The van der Waals surface area contributed by atoms with Gasteiger partial charge in [0.2, 0.25) is 5.88 Å². The highest BCUT2D eigenvalue weighted by atomic mass is 32.2. The van der Waals surface area contributed by atoms with Gasteiger partial charge in [-0.25, -0.2) is 4.98 Å². The number of thioether (sulfide) groups is 1. The smallest absolute Gasteiger partial charge is 0.309 e. The van der Waals surface area contributed by atoms with Crippen molar-refractivity contribution in [3.05, 3.63) is 6.07 Å². The summed E-state index contributed by atoms with van der Waals surface area (Å²) in [5.41, 5.74) is 0. The van der Waals surface area contributed by atoms with Crippen LogP contribution >= 0.6 is 11.8 Å². The maximum atomic E-state index is 11.9. The van der Waals surface area contributed by atoms with Gasteiger partial charge in [-0.05, 0) is 6.26 Å². The number of anilines is 1. The summed E-state index contributed by atoms with van der Waals surface area (Å²) in [5, 5.41) is 3.13. The SMILES string of the molecule is CSc1nc(N[C@@H]2O[C@H](COC(C)=O)[C@@H](OC(C)=O)[C@H](OC(C)=O)[C@H]2OC(C)=O)cc(OC(C)=O)n1. The van der Waals surface area contributed by atoms with Crippen molar-refractivity contribution in [2.45, 2.75) is 70.4 Å². The molecule has 1 aromatic heterocycles. The second-order valence-corrected chi connectivity index (χ2v) is 8.21. The van der Waals surface area contributed by atoms with E-state index in [0.717, 1.165) is 32.5 Å². The molecule has 14 nitrogen and oxygen atoms in total. The first kappa shape index (κ1) is 28.8. The predicted molar refractivity (Wildman–Crippen MR) is 121 cm³/mol. The van der Waals surface area contributed by atoms with Gasteiger partial charge in [0.15, 0.2) is 29.7 Å². The van der Waals surface area contributed by atoms with Crippen LogP contribution in [0.15, 0.2) is 11.2 Å². The van der Waals surface area contributed by atoms with Crippen LogP contribution in [0.4, 0.5) is 5.82 Å². The minimum atomic E-state index is -1.35. The largest absolute Gasteiger partial charge is 0.463 e. The lowest BCUT2D eigenvalue weighted by atomic mass is 9.97. The summed E-state index contributed by atoms with van der Waals surface area (Å²) in [6, 6.07) is 1.30. The predicted octanol–water partition coefficient (Wildman–Crippen LogP) is 0.619. The molecule has 1 saturated heterocycles. The summed E-state index contributed by atoms with van der Waals surface area (Å²) in [4.78, 5) is 66.9. The summed E-state index contributed by atoms with van der Waals surface area (Å²) in [5.74, 6) is -3.46. The van der Waals surface area contributed by atoms with Gasteiger partial charge in [-0.15, -0.1) is 0 Å². The molecule has 1 N–H and O–H groups in total. The number of hydrogen-bond donors (Lipinski definition) is 1. The van der Waals surface area contributed by atoms with Crippen molar-refractivity contribution in [1.82, 2.24) is 9.97 Å². The molecule has 1 aliphatic rings. The van der Waals surface area contributed by atoms with Crippen LogP contribution in [0.25, 0.3) is 0 Å². The van der Waals surface area contributed by atoms with E-state index in [1.54, 1.807) is 6.26 Å². The minimum absolute atomic E-state index is 0.0602. The van der Waals surface area contributed by atoms with Crippen LogP contribution in [0.1, 0.15) is 34.6 Å². The molecular formula is C21H27N3O11S. The number of carbonyl (C=O) groups excluding carboxylic acids is 5. The molecule has 0 radical (unpaired) electrons. The van der Waals surface area contributed by atoms with Crippen LogP contribution < -0.4 is 10.1 Å². The zero-order chi connectivity index (χ0) is 27.0. The topological polar surface area (TPSA) is 179 Å². The molecule has 5 atom stereocenters. The molecule has 1 aromatic rings. The van der Waals surface area contributed by atoms with E-state index < -0.39 is 60.5 Å². The number of carbonyl (C=O) groups is 5. The van der Waals surface area contributed by atoms with E-state index in [9.17, 15) is 24.0 Å². The van der Waals surface area contributed by atoms with E-state index in [0.29, 0.717) is 0 Å². The number of nitrogens with one attached hydrogen (secondary N) is 1. The molecule has 2 rings (SSSR count). The Kier molecular flexibility index (Phi) is 10.4. The number of nitrogens with zero attached hydrogens (tertiary/aromatic N) is 2. The summed E-state index contributed by atoms with van der Waals surface area (Å²) in [6.07, 6.45) is -4.67. The highest BCUT2D eigenvalue weighted by Crippen LogP contribution is 2.30. The minimum Gasteiger partial charge on any atom is -0.463 e. The zero-order valence-electron chi connectivity index (χ0n) is 20.5. The highest BCUT2D eigenvalue weighted by Gasteiger charge is 2.52. The number of ether oxygens (including phenoxy) is 6. The molecule has 15 heteroatoms. The molecule has 2 heterocycles. The first-order valence-corrected chi connectivity index (χ1v) is 11.8. The van der Waals surface area contributed by atoms with Crippen LogP contribution in [0.2, 0.25) is 0 Å². The zero-order valence-corrected chi connectivity index (χ0v) is 21.3. The van der Waals surface area contributed by atoms with Crippen LogP contribution in [-0.4, -0.2) is 83.3 Å². The molecule has 0 saturated carbocycles. The molecule has 36 heavy (non-hydrogen) atoms. The summed E-state index contributed by atoms with van der Waals surface area (Å²) in [6.45, 7) is 5.37. The summed E-state index contributed by atoms with van der Waals surface area (Å²) >= 11 is 1.16. The van der Waals surface area contributed by atoms with Gasteiger partial charge in [-0.2, -0.15) is 4.98 Å². The maximum Gasteiger partial charge on any atom is 0.309 e. The first-order chi connectivity index (χ1) is 16.9. The van der Waals surface area contributed by atoms with Gasteiger partial charge in [-0.3, -0.25) is 24.0 Å². The van der Waals surface area contributed by atoms with E-state index in [1.807, 2.05) is 0 Å². The second-order valence-electron chi connectivity index (χ2n) is 7.44. The van der Waals surface area contributed by atoms with Crippen molar-refractivity contribution in [3.8, 4) is 5.88 Å². The molecule has 0 unspecified atom stereocenters. The third-order valence-electron chi connectivity index (χ3n) is 4.39. The number of esters is 5. The Morgan fingerprint density at radius 3 is 1.97 bits per heavy atom. The van der Waals surface area contributed by atoms with E-state index in [4.69, 9.17) is 28.4 Å². The molecule has 0 spiro atoms. The fraction of sp³-hybridized carbons (Fsp3) is 0.571. The van der Waals surface area contributed by atoms with Crippen LogP contribution in [0.5, 0.6) is 5.88 Å². The van der Waals surface area contributed by atoms with Gasteiger partial charge in [0.25, 0.3) is 0 Å². The monoisotopic (exact) mass is 529 g/mol. The number of aromatic nitrogens is 2. The normalized spacial score (nSPS) is 23.1. The lowest BCUT2D eigenvalue weighted by Gasteiger charge is -2.44. The third kappa shape index (κ3) is 8.64. The Hall–Kier alpha value is -3.46. The Morgan fingerprint density at radius 2 is 1.44 bits per heavy atom. The fourth-order valence-corrected chi connectivity index (χ4v) is 3.63. The van der Waals surface area contributed by atoms with E-state index >= 15 is 0 Å². The standard InChI is InChI=1S/C21H27N3O11S/c1-9(25)30-8-14-17(32-11(3)27)18(33-12(4)28)19(34-13(5)29)20(35-14)22-15-7-16(31-10(2)26)24-21(23-15)36-6/h7,14,17-20H,8H2,1-6H3,(H,22,23,24)/t14-,17-,18+,19-,20-/m1/s1. The molecule has 0 aliphatic carbocycles. The lowest BCUT2D eigenvalue weighted by Crippen LogP contribution is -2.64. The Morgan fingerprint density at radius 1 is 0.861 bits per heavy atom. The second kappa shape index (κ2) is 13.0. The van der Waals surface area contributed by atoms with Crippen molar-refractivity contribution in [3.63, 3.8) is 0 Å². The highest BCUT2D eigenvalue weighted by molar-refractivity contribution is 7.98. The number of rotatable bonds is 9. The van der Waals surface area contributed by atoms with Gasteiger partial charge < -0.3 is 33.7 Å². The quantitative estimate of drug-likeness (QED) is 0.203. The van der Waals surface area contributed by atoms with Crippen LogP contribution in [-0.2, 0) is 47.7 Å². The van der Waals surface area contributed by atoms with Gasteiger partial charge in [0.1, 0.15) is 18.5 Å². The molecule has 0 aromatic carbocycles. The van der Waals surface area contributed by atoms with Crippen molar-refractivity contribution < 1.29 is 52.4 Å². The molecule has 0 amide bonds. The van der Waals surface area contributed by atoms with E-state index in [-0.39, 0.29) is 23.5 Å². The van der Waals surface area contributed by atoms with Crippen LogP contribution in [0, 0.1) is 0 Å². The van der Waals surface area contributed by atoms with Crippen molar-refractivity contribution >= 4 is 47.4 Å². The summed E-state index contributed by atoms with van der Waals surface area (Å²) in [7, 11) is 0. The average molecular weight is 530 g/mol. The number of hydrogen-bond acceptors (Lipinski definition) is 15. The molecule has 1 fully saturated rings. The Bertz CT molecular complexity index is 1010. The Labute approximate surface area is 210 Å². The van der Waals surface area contributed by atoms with Gasteiger partial charge in [-0.1, -0.05) is 11.8 Å². The third-order valence-corrected chi connectivity index (χ3v) is 4.94. The van der Waals surface area contributed by atoms with Gasteiger partial charge in [0, 0.05) is 40.7 Å².